The Morgan fingerprint density at radius 2 is 2.15 bits per heavy atom. The van der Waals surface area contributed by atoms with E-state index in [1.54, 1.807) is 19.1 Å². The maximum atomic E-state index is 11.8. The van der Waals surface area contributed by atoms with Gasteiger partial charge in [-0.2, -0.15) is 10.2 Å². The number of phenols is 1. The fraction of sp³-hybridized carbons (Fsp3) is 0.444. The molecule has 1 heterocycles. The minimum absolute atomic E-state index is 0.0989. The van der Waals surface area contributed by atoms with Crippen molar-refractivity contribution >= 4 is 29.4 Å². The Labute approximate surface area is 153 Å². The molecule has 0 fully saturated rings. The zero-order chi connectivity index (χ0) is 19.1. The van der Waals surface area contributed by atoms with Gasteiger partial charge in [0.15, 0.2) is 0 Å². The second-order valence-corrected chi connectivity index (χ2v) is 6.03. The molecule has 0 saturated carbocycles. The second-order valence-electron chi connectivity index (χ2n) is 6.03. The number of aromatic hydroxyl groups is 1. The number of nitrogens with one attached hydrogen (secondary N) is 2. The first-order valence-corrected chi connectivity index (χ1v) is 8.70. The normalized spacial score (nSPS) is 16.5. The molecule has 1 aromatic rings. The lowest BCUT2D eigenvalue weighted by molar-refractivity contribution is -0.123. The van der Waals surface area contributed by atoms with E-state index in [0.717, 1.165) is 18.8 Å². The minimum Gasteiger partial charge on any atom is -0.507 e. The first-order valence-electron chi connectivity index (χ1n) is 8.70. The van der Waals surface area contributed by atoms with Crippen LogP contribution >= 0.6 is 0 Å². The third kappa shape index (κ3) is 4.81. The van der Waals surface area contributed by atoms with Gasteiger partial charge < -0.3 is 10.0 Å². The molecule has 2 rings (SSSR count). The molecule has 2 amide bonds. The smallest absolute Gasteiger partial charge is 0.248 e. The van der Waals surface area contributed by atoms with Gasteiger partial charge in [-0.15, -0.1) is 0 Å². The van der Waals surface area contributed by atoms with E-state index < -0.39 is 0 Å². The zero-order valence-corrected chi connectivity index (χ0v) is 15.3. The number of amides is 2. The molecule has 8 heteroatoms. The maximum absolute atomic E-state index is 11.8. The molecule has 1 aliphatic heterocycles. The maximum Gasteiger partial charge on any atom is 0.248 e. The van der Waals surface area contributed by atoms with Crippen molar-refractivity contribution in [1.29, 1.82) is 0 Å². The van der Waals surface area contributed by atoms with Crippen LogP contribution in [0, 0.1) is 5.92 Å². The van der Waals surface area contributed by atoms with Crippen LogP contribution < -0.4 is 15.8 Å². The number of carbonyl (C=O) groups is 2. The fourth-order valence-electron chi connectivity index (χ4n) is 2.76. The van der Waals surface area contributed by atoms with Crippen LogP contribution in [0.4, 0.5) is 5.69 Å². The average molecular weight is 359 g/mol. The monoisotopic (exact) mass is 359 g/mol. The Morgan fingerprint density at radius 1 is 1.42 bits per heavy atom. The molecule has 0 aromatic heterocycles. The highest BCUT2D eigenvalue weighted by Crippen LogP contribution is 2.23. The van der Waals surface area contributed by atoms with Crippen molar-refractivity contribution in [3.05, 3.63) is 23.8 Å². The van der Waals surface area contributed by atoms with Gasteiger partial charge in [0.25, 0.3) is 0 Å². The molecular weight excluding hydrogens is 334 g/mol. The molecule has 0 saturated heterocycles. The van der Waals surface area contributed by atoms with Crippen LogP contribution in [-0.4, -0.2) is 41.9 Å². The molecule has 140 valence electrons. The molecule has 0 aliphatic carbocycles. The van der Waals surface area contributed by atoms with E-state index in [4.69, 9.17) is 0 Å². The molecule has 0 bridgehead atoms. The molecule has 8 nitrogen and oxygen atoms in total. The quantitative estimate of drug-likeness (QED) is 0.484. The van der Waals surface area contributed by atoms with Crippen molar-refractivity contribution in [2.45, 2.75) is 33.6 Å². The lowest BCUT2D eigenvalue weighted by Gasteiger charge is -2.21. The van der Waals surface area contributed by atoms with Crippen molar-refractivity contribution in [2.75, 3.05) is 18.0 Å². The summed E-state index contributed by atoms with van der Waals surface area (Å²) < 4.78 is 0. The van der Waals surface area contributed by atoms with Gasteiger partial charge in [0, 0.05) is 42.5 Å². The first-order chi connectivity index (χ1) is 12.5. The van der Waals surface area contributed by atoms with Gasteiger partial charge >= 0.3 is 0 Å². The largest absolute Gasteiger partial charge is 0.507 e. The molecule has 0 radical (unpaired) electrons. The number of benzene rings is 1. The van der Waals surface area contributed by atoms with E-state index in [1.165, 1.54) is 6.21 Å². The number of hydrogen-bond acceptors (Lipinski definition) is 6. The predicted molar refractivity (Wildman–Crippen MR) is 101 cm³/mol. The van der Waals surface area contributed by atoms with Crippen LogP contribution in [0.2, 0.25) is 0 Å². The van der Waals surface area contributed by atoms with Crippen molar-refractivity contribution in [3.63, 3.8) is 0 Å². The standard InChI is InChI=1S/C18H25N5O3/c1-4-23(5-2)14-7-6-13(16(24)10-14)11-19-21-17(25)9-8-15-12(3)20-22-18(15)26/h6-7,10-11,15,24H,4-5,8-9H2,1-3H3,(H,21,25)(H,22,26)/t15-/m1/s1. The van der Waals surface area contributed by atoms with Crippen LogP contribution in [0.25, 0.3) is 0 Å². The van der Waals surface area contributed by atoms with Gasteiger partial charge in [-0.1, -0.05) is 0 Å². The van der Waals surface area contributed by atoms with Crippen molar-refractivity contribution in [2.24, 2.45) is 16.1 Å². The van der Waals surface area contributed by atoms with Crippen molar-refractivity contribution in [3.8, 4) is 5.75 Å². The highest BCUT2D eigenvalue weighted by Gasteiger charge is 2.26. The number of nitrogens with zero attached hydrogens (tertiary/aromatic N) is 3. The van der Waals surface area contributed by atoms with E-state index in [2.05, 4.69) is 26.0 Å². The molecule has 0 spiro atoms. The van der Waals surface area contributed by atoms with Crippen molar-refractivity contribution < 1.29 is 14.7 Å². The van der Waals surface area contributed by atoms with Crippen LogP contribution in [0.1, 0.15) is 39.2 Å². The van der Waals surface area contributed by atoms with Gasteiger partial charge in [0.2, 0.25) is 11.8 Å². The Kier molecular flexibility index (Phi) is 6.71. The van der Waals surface area contributed by atoms with Gasteiger partial charge in [-0.25, -0.2) is 10.9 Å². The Hall–Kier alpha value is -2.90. The first kappa shape index (κ1) is 19.4. The molecule has 1 aliphatic rings. The lowest BCUT2D eigenvalue weighted by Crippen LogP contribution is -2.25. The summed E-state index contributed by atoms with van der Waals surface area (Å²) in [6.07, 6.45) is 1.94. The summed E-state index contributed by atoms with van der Waals surface area (Å²) in [7, 11) is 0. The van der Waals surface area contributed by atoms with Gasteiger partial charge in [0.05, 0.1) is 12.1 Å². The van der Waals surface area contributed by atoms with Gasteiger partial charge in [-0.05, 0) is 39.3 Å². The fourth-order valence-corrected chi connectivity index (χ4v) is 2.76. The number of anilines is 1. The van der Waals surface area contributed by atoms with Crippen LogP contribution in [-0.2, 0) is 9.59 Å². The van der Waals surface area contributed by atoms with Gasteiger partial charge in [0.1, 0.15) is 5.75 Å². The Bertz CT molecular complexity index is 726. The van der Waals surface area contributed by atoms with E-state index in [1.807, 2.05) is 19.9 Å². The average Bonchev–Trinajstić information content (AvgIpc) is 2.94. The highest BCUT2D eigenvalue weighted by molar-refractivity contribution is 6.07. The molecule has 1 atom stereocenters. The predicted octanol–water partition coefficient (Wildman–Crippen LogP) is 1.59. The summed E-state index contributed by atoms with van der Waals surface area (Å²) in [5.74, 6) is -0.742. The molecule has 1 aromatic carbocycles. The number of hydrogen-bond donors (Lipinski definition) is 3. The van der Waals surface area contributed by atoms with E-state index in [9.17, 15) is 14.7 Å². The molecule has 0 unspecified atom stereocenters. The zero-order valence-electron chi connectivity index (χ0n) is 15.3. The van der Waals surface area contributed by atoms with Crippen LogP contribution in [0.15, 0.2) is 28.4 Å². The number of rotatable bonds is 8. The third-order valence-corrected chi connectivity index (χ3v) is 4.36. The SMILES string of the molecule is CCN(CC)c1ccc(C=NNC(=O)CC[C@H]2C(=O)NN=C2C)c(O)c1. The van der Waals surface area contributed by atoms with Gasteiger partial charge in [-0.3, -0.25) is 9.59 Å². The molecule has 3 N–H and O–H groups in total. The Morgan fingerprint density at radius 3 is 2.73 bits per heavy atom. The van der Waals surface area contributed by atoms with Crippen LogP contribution in [0.3, 0.4) is 0 Å². The summed E-state index contributed by atoms with van der Waals surface area (Å²) >= 11 is 0. The van der Waals surface area contributed by atoms with Crippen molar-refractivity contribution in [1.82, 2.24) is 10.9 Å². The number of phenolic OH excluding ortho intramolecular Hbond substituents is 1. The summed E-state index contributed by atoms with van der Waals surface area (Å²) in [6.45, 7) is 7.55. The number of carbonyl (C=O) groups excluding carboxylic acids is 2. The minimum atomic E-state index is -0.360. The highest BCUT2D eigenvalue weighted by atomic mass is 16.3. The van der Waals surface area contributed by atoms with Crippen LogP contribution in [0.5, 0.6) is 5.75 Å². The summed E-state index contributed by atoms with van der Waals surface area (Å²) in [6, 6.07) is 5.33. The Balaban J connectivity index is 1.86. The summed E-state index contributed by atoms with van der Waals surface area (Å²) in [5, 5.41) is 17.8. The summed E-state index contributed by atoms with van der Waals surface area (Å²) in [5.41, 5.74) is 6.93. The topological polar surface area (TPSA) is 106 Å². The molecular formula is C18H25N5O3. The lowest BCUT2D eigenvalue weighted by atomic mass is 9.99. The van der Waals surface area contributed by atoms with E-state index in [-0.39, 0.29) is 29.9 Å². The van der Waals surface area contributed by atoms with E-state index in [0.29, 0.717) is 17.7 Å². The second kappa shape index (κ2) is 8.98. The number of hydrazone groups is 2. The summed E-state index contributed by atoms with van der Waals surface area (Å²) in [4.78, 5) is 25.5. The third-order valence-electron chi connectivity index (χ3n) is 4.36. The van der Waals surface area contributed by atoms with E-state index >= 15 is 0 Å². The molecule has 26 heavy (non-hydrogen) atoms.